The van der Waals surface area contributed by atoms with Gasteiger partial charge in [-0.2, -0.15) is 11.8 Å². The number of nitrogens with two attached hydrogens (primary N) is 1. The summed E-state index contributed by atoms with van der Waals surface area (Å²) in [6.45, 7) is 0.832. The number of hydrazine groups is 1. The van der Waals surface area contributed by atoms with Crippen molar-refractivity contribution in [1.29, 1.82) is 0 Å². The van der Waals surface area contributed by atoms with Crippen molar-refractivity contribution in [3.05, 3.63) is 29.8 Å². The average molecular weight is 306 g/mol. The molecule has 21 heavy (non-hydrogen) atoms. The Morgan fingerprint density at radius 1 is 1.19 bits per heavy atom. The normalized spacial score (nSPS) is 24.1. The molecule has 0 aromatic heterocycles. The van der Waals surface area contributed by atoms with Crippen molar-refractivity contribution in [2.45, 2.75) is 44.1 Å². The van der Waals surface area contributed by atoms with Gasteiger partial charge in [0.1, 0.15) is 5.75 Å². The minimum atomic E-state index is 0.425. The summed E-state index contributed by atoms with van der Waals surface area (Å²) in [6, 6.07) is 8.90. The Balaban J connectivity index is 1.61. The summed E-state index contributed by atoms with van der Waals surface area (Å²) in [5, 5.41) is 0. The van der Waals surface area contributed by atoms with Gasteiger partial charge in [0.25, 0.3) is 0 Å². The molecule has 1 saturated heterocycles. The lowest BCUT2D eigenvalue weighted by Crippen LogP contribution is -2.38. The van der Waals surface area contributed by atoms with Gasteiger partial charge in [-0.15, -0.1) is 0 Å². The summed E-state index contributed by atoms with van der Waals surface area (Å²) in [4.78, 5) is 0. The lowest BCUT2D eigenvalue weighted by molar-refractivity contribution is 0.247. The molecule has 116 valence electrons. The van der Waals surface area contributed by atoms with E-state index in [1.807, 2.05) is 0 Å². The summed E-state index contributed by atoms with van der Waals surface area (Å²) < 4.78 is 5.76. The van der Waals surface area contributed by atoms with Crippen LogP contribution in [0.4, 0.5) is 0 Å². The van der Waals surface area contributed by atoms with E-state index in [-0.39, 0.29) is 0 Å². The SMILES string of the molecule is NNC(CC1CCSCC1)CC1CCOc2ccccc21. The second-order valence-corrected chi connectivity index (χ2v) is 7.49. The quantitative estimate of drug-likeness (QED) is 0.647. The molecule has 0 bridgehead atoms. The topological polar surface area (TPSA) is 47.3 Å². The first-order valence-electron chi connectivity index (χ1n) is 8.12. The van der Waals surface area contributed by atoms with Crippen LogP contribution in [0.25, 0.3) is 0 Å². The van der Waals surface area contributed by atoms with Crippen molar-refractivity contribution in [2.24, 2.45) is 11.8 Å². The number of hydrogen-bond acceptors (Lipinski definition) is 4. The van der Waals surface area contributed by atoms with Crippen molar-refractivity contribution in [3.8, 4) is 5.75 Å². The van der Waals surface area contributed by atoms with Gasteiger partial charge in [-0.3, -0.25) is 11.3 Å². The van der Waals surface area contributed by atoms with Crippen LogP contribution in [0.5, 0.6) is 5.75 Å². The molecular weight excluding hydrogens is 280 g/mol. The average Bonchev–Trinajstić information content (AvgIpc) is 2.55. The van der Waals surface area contributed by atoms with Crippen LogP contribution in [0.1, 0.15) is 43.6 Å². The monoisotopic (exact) mass is 306 g/mol. The largest absolute Gasteiger partial charge is 0.493 e. The second-order valence-electron chi connectivity index (χ2n) is 6.26. The highest BCUT2D eigenvalue weighted by Crippen LogP contribution is 2.37. The molecular formula is C17H26N2OS. The van der Waals surface area contributed by atoms with E-state index in [1.165, 1.54) is 36.3 Å². The van der Waals surface area contributed by atoms with Gasteiger partial charge in [0.15, 0.2) is 0 Å². The number of nitrogens with one attached hydrogen (secondary N) is 1. The van der Waals surface area contributed by atoms with Crippen molar-refractivity contribution in [1.82, 2.24) is 5.43 Å². The van der Waals surface area contributed by atoms with E-state index in [1.54, 1.807) is 0 Å². The van der Waals surface area contributed by atoms with E-state index in [4.69, 9.17) is 10.6 Å². The molecule has 0 aliphatic carbocycles. The summed E-state index contributed by atoms with van der Waals surface area (Å²) in [6.07, 6.45) is 6.16. The first-order chi connectivity index (χ1) is 10.4. The number of para-hydroxylation sites is 1. The van der Waals surface area contributed by atoms with Crippen LogP contribution in [0, 0.1) is 5.92 Å². The Hall–Kier alpha value is -0.710. The Kier molecular flexibility index (Phi) is 5.44. The first-order valence-corrected chi connectivity index (χ1v) is 9.28. The molecule has 2 heterocycles. The summed E-state index contributed by atoms with van der Waals surface area (Å²) >= 11 is 2.09. The van der Waals surface area contributed by atoms with E-state index in [9.17, 15) is 0 Å². The van der Waals surface area contributed by atoms with Crippen LogP contribution in [-0.4, -0.2) is 24.2 Å². The summed E-state index contributed by atoms with van der Waals surface area (Å²) in [7, 11) is 0. The van der Waals surface area contributed by atoms with Gasteiger partial charge in [-0.05, 0) is 67.1 Å². The molecule has 2 aliphatic heterocycles. The molecule has 0 amide bonds. The van der Waals surface area contributed by atoms with Crippen LogP contribution in [-0.2, 0) is 0 Å². The lowest BCUT2D eigenvalue weighted by atomic mass is 9.84. The van der Waals surface area contributed by atoms with Crippen molar-refractivity contribution in [2.75, 3.05) is 18.1 Å². The summed E-state index contributed by atoms with van der Waals surface area (Å²) in [5.41, 5.74) is 4.44. The fraction of sp³-hybridized carbons (Fsp3) is 0.647. The van der Waals surface area contributed by atoms with E-state index in [2.05, 4.69) is 41.5 Å². The minimum absolute atomic E-state index is 0.425. The van der Waals surface area contributed by atoms with Gasteiger partial charge in [0.2, 0.25) is 0 Å². The zero-order valence-corrected chi connectivity index (χ0v) is 13.4. The number of benzene rings is 1. The number of rotatable bonds is 5. The fourth-order valence-electron chi connectivity index (χ4n) is 3.62. The Morgan fingerprint density at radius 3 is 2.81 bits per heavy atom. The predicted molar refractivity (Wildman–Crippen MR) is 89.7 cm³/mol. The van der Waals surface area contributed by atoms with Gasteiger partial charge in [0, 0.05) is 6.04 Å². The number of thioether (sulfide) groups is 1. The molecule has 2 atom stereocenters. The van der Waals surface area contributed by atoms with Gasteiger partial charge >= 0.3 is 0 Å². The Bertz CT molecular complexity index is 448. The highest BCUT2D eigenvalue weighted by Gasteiger charge is 2.26. The molecule has 1 fully saturated rings. The summed E-state index contributed by atoms with van der Waals surface area (Å²) in [5.74, 6) is 11.0. The van der Waals surface area contributed by atoms with E-state index >= 15 is 0 Å². The zero-order chi connectivity index (χ0) is 14.5. The van der Waals surface area contributed by atoms with Gasteiger partial charge in [-0.25, -0.2) is 0 Å². The second kappa shape index (κ2) is 7.52. The number of ether oxygens (including phenoxy) is 1. The van der Waals surface area contributed by atoms with Crippen molar-refractivity contribution in [3.63, 3.8) is 0 Å². The number of fused-ring (bicyclic) bond motifs is 1. The van der Waals surface area contributed by atoms with Crippen LogP contribution < -0.4 is 16.0 Å². The number of hydrogen-bond donors (Lipinski definition) is 2. The van der Waals surface area contributed by atoms with Crippen molar-refractivity contribution >= 4 is 11.8 Å². The Labute approximate surface area is 132 Å². The molecule has 0 saturated carbocycles. The minimum Gasteiger partial charge on any atom is -0.493 e. The Morgan fingerprint density at radius 2 is 2.00 bits per heavy atom. The molecule has 1 aromatic carbocycles. The molecule has 3 N–H and O–H groups in total. The maximum atomic E-state index is 5.84. The fourth-order valence-corrected chi connectivity index (χ4v) is 4.83. The van der Waals surface area contributed by atoms with Crippen LogP contribution >= 0.6 is 11.8 Å². The smallest absolute Gasteiger partial charge is 0.122 e. The molecule has 4 heteroatoms. The molecule has 0 radical (unpaired) electrons. The maximum absolute atomic E-state index is 5.84. The third kappa shape index (κ3) is 3.93. The van der Waals surface area contributed by atoms with E-state index in [0.29, 0.717) is 12.0 Å². The van der Waals surface area contributed by atoms with E-state index < -0.39 is 0 Å². The lowest BCUT2D eigenvalue weighted by Gasteiger charge is -2.31. The maximum Gasteiger partial charge on any atom is 0.122 e. The predicted octanol–water partition coefficient (Wildman–Crippen LogP) is 3.31. The molecule has 2 unspecified atom stereocenters. The molecule has 2 aliphatic rings. The highest BCUT2D eigenvalue weighted by molar-refractivity contribution is 7.99. The van der Waals surface area contributed by atoms with Gasteiger partial charge in [0.05, 0.1) is 6.61 Å². The standard InChI is InChI=1S/C17H26N2OS/c18-19-15(11-13-6-9-21-10-7-13)12-14-5-8-20-17-4-2-1-3-16(14)17/h1-4,13-15,19H,5-12,18H2. The van der Waals surface area contributed by atoms with Crippen LogP contribution in [0.3, 0.4) is 0 Å². The van der Waals surface area contributed by atoms with Crippen LogP contribution in [0.15, 0.2) is 24.3 Å². The van der Waals surface area contributed by atoms with Gasteiger partial charge in [-0.1, -0.05) is 18.2 Å². The molecule has 3 rings (SSSR count). The molecule has 3 nitrogen and oxygen atoms in total. The molecule has 1 aromatic rings. The highest BCUT2D eigenvalue weighted by atomic mass is 32.2. The first kappa shape index (κ1) is 15.2. The zero-order valence-electron chi connectivity index (χ0n) is 12.6. The third-order valence-corrected chi connectivity index (χ3v) is 5.89. The van der Waals surface area contributed by atoms with Gasteiger partial charge < -0.3 is 4.74 Å². The molecule has 0 spiro atoms. The third-order valence-electron chi connectivity index (χ3n) is 4.85. The van der Waals surface area contributed by atoms with Crippen LogP contribution in [0.2, 0.25) is 0 Å². The van der Waals surface area contributed by atoms with Crippen molar-refractivity contribution < 1.29 is 4.74 Å². The van der Waals surface area contributed by atoms with E-state index in [0.717, 1.165) is 31.1 Å².